The number of rotatable bonds is 10. The van der Waals surface area contributed by atoms with Gasteiger partial charge in [0, 0.05) is 25.9 Å². The molecule has 4 nitrogen and oxygen atoms in total. The number of aliphatic hydroxyl groups excluding tert-OH is 1. The van der Waals surface area contributed by atoms with Crippen molar-refractivity contribution in [2.75, 3.05) is 40.1 Å². The predicted molar refractivity (Wildman–Crippen MR) is 69.5 cm³/mol. The number of methoxy groups -OCH3 is 1. The van der Waals surface area contributed by atoms with E-state index in [2.05, 4.69) is 0 Å². The van der Waals surface area contributed by atoms with E-state index < -0.39 is 11.9 Å². The fourth-order valence-electron chi connectivity index (χ4n) is 1.56. The van der Waals surface area contributed by atoms with Crippen molar-refractivity contribution in [1.82, 2.24) is 0 Å². The summed E-state index contributed by atoms with van der Waals surface area (Å²) in [4.78, 5) is 0. The van der Waals surface area contributed by atoms with Crippen LogP contribution in [0, 0.1) is 5.82 Å². The van der Waals surface area contributed by atoms with Crippen molar-refractivity contribution < 1.29 is 23.7 Å². The highest BCUT2D eigenvalue weighted by Crippen LogP contribution is 2.16. The molecule has 1 rings (SSSR count). The van der Waals surface area contributed by atoms with Gasteiger partial charge in [0.2, 0.25) is 0 Å². The maximum absolute atomic E-state index is 13.3. The normalized spacial score (nSPS) is 12.6. The Kier molecular flexibility index (Phi) is 8.33. The van der Waals surface area contributed by atoms with Crippen molar-refractivity contribution in [2.24, 2.45) is 0 Å². The van der Waals surface area contributed by atoms with E-state index in [1.807, 2.05) is 0 Å². The highest BCUT2D eigenvalue weighted by molar-refractivity contribution is 5.19. The zero-order chi connectivity index (χ0) is 13.9. The van der Waals surface area contributed by atoms with Gasteiger partial charge in [-0.15, -0.1) is 0 Å². The minimum Gasteiger partial charge on any atom is -0.386 e. The van der Waals surface area contributed by atoms with Crippen LogP contribution < -0.4 is 0 Å². The molecule has 0 aliphatic heterocycles. The molecular formula is C14H21FO4. The number of hydrogen-bond donors (Lipinski definition) is 1. The molecule has 5 heteroatoms. The molecule has 0 aliphatic carbocycles. The van der Waals surface area contributed by atoms with Crippen molar-refractivity contribution >= 4 is 0 Å². The fourth-order valence-corrected chi connectivity index (χ4v) is 1.56. The Balaban J connectivity index is 2.08. The van der Waals surface area contributed by atoms with Gasteiger partial charge in [0.05, 0.1) is 19.8 Å². The van der Waals surface area contributed by atoms with Crippen molar-refractivity contribution in [3.8, 4) is 0 Å². The average Bonchev–Trinajstić information content (AvgIpc) is 2.42. The lowest BCUT2D eigenvalue weighted by Crippen LogP contribution is -2.12. The minimum atomic E-state index is -0.949. The predicted octanol–water partition coefficient (Wildman–Crippen LogP) is 1.93. The van der Waals surface area contributed by atoms with Crippen LogP contribution in [0.4, 0.5) is 4.39 Å². The van der Waals surface area contributed by atoms with Gasteiger partial charge in [-0.1, -0.05) is 18.2 Å². The van der Waals surface area contributed by atoms with Gasteiger partial charge < -0.3 is 19.3 Å². The van der Waals surface area contributed by atoms with E-state index in [-0.39, 0.29) is 12.2 Å². The largest absolute Gasteiger partial charge is 0.386 e. The molecule has 1 unspecified atom stereocenters. The van der Waals surface area contributed by atoms with Crippen LogP contribution in [0.25, 0.3) is 0 Å². The van der Waals surface area contributed by atoms with E-state index >= 15 is 0 Å². The lowest BCUT2D eigenvalue weighted by atomic mass is 10.1. The zero-order valence-electron chi connectivity index (χ0n) is 11.2. The molecule has 0 spiro atoms. The van der Waals surface area contributed by atoms with Crippen LogP contribution in [-0.2, 0) is 14.2 Å². The summed E-state index contributed by atoms with van der Waals surface area (Å²) < 4.78 is 28.7. The molecule has 1 aromatic carbocycles. The van der Waals surface area contributed by atoms with Crippen LogP contribution >= 0.6 is 0 Å². The van der Waals surface area contributed by atoms with E-state index in [4.69, 9.17) is 14.2 Å². The number of halogens is 1. The first kappa shape index (κ1) is 16.0. The quantitative estimate of drug-likeness (QED) is 0.661. The van der Waals surface area contributed by atoms with Gasteiger partial charge in [0.25, 0.3) is 0 Å². The van der Waals surface area contributed by atoms with Gasteiger partial charge in [-0.05, 0) is 12.5 Å². The van der Waals surface area contributed by atoms with E-state index in [9.17, 15) is 9.50 Å². The second kappa shape index (κ2) is 9.86. The number of aliphatic hydroxyl groups is 1. The topological polar surface area (TPSA) is 47.9 Å². The molecule has 1 aromatic rings. The molecule has 1 atom stereocenters. The van der Waals surface area contributed by atoms with Crippen LogP contribution in [0.2, 0.25) is 0 Å². The number of benzene rings is 1. The Bertz CT molecular complexity index is 346. The Hall–Kier alpha value is -1.01. The second-order valence-corrected chi connectivity index (χ2v) is 4.07. The van der Waals surface area contributed by atoms with Crippen LogP contribution in [0.15, 0.2) is 24.3 Å². The van der Waals surface area contributed by atoms with Gasteiger partial charge in [-0.3, -0.25) is 0 Å². The summed E-state index contributed by atoms with van der Waals surface area (Å²) in [7, 11) is 1.65. The summed E-state index contributed by atoms with van der Waals surface area (Å²) in [6.07, 6.45) is -0.108. The summed E-state index contributed by atoms with van der Waals surface area (Å²) in [6.45, 7) is 2.18. The van der Waals surface area contributed by atoms with E-state index in [1.54, 1.807) is 25.3 Å². The van der Waals surface area contributed by atoms with E-state index in [1.165, 1.54) is 6.07 Å². The molecular weight excluding hydrogens is 251 g/mol. The summed E-state index contributed by atoms with van der Waals surface area (Å²) in [5.41, 5.74) is 0.253. The Morgan fingerprint density at radius 3 is 2.58 bits per heavy atom. The van der Waals surface area contributed by atoms with Gasteiger partial charge in [0.15, 0.2) is 0 Å². The maximum atomic E-state index is 13.3. The van der Waals surface area contributed by atoms with Crippen LogP contribution in [0.1, 0.15) is 18.1 Å². The third-order valence-electron chi connectivity index (χ3n) is 2.55. The summed E-state index contributed by atoms with van der Waals surface area (Å²) in [5, 5.41) is 9.75. The highest BCUT2D eigenvalue weighted by atomic mass is 19.1. The smallest absolute Gasteiger partial charge is 0.129 e. The van der Waals surface area contributed by atoms with Gasteiger partial charge in [-0.25, -0.2) is 4.39 Å². The molecule has 19 heavy (non-hydrogen) atoms. The van der Waals surface area contributed by atoms with Crippen LogP contribution in [0.5, 0.6) is 0 Å². The summed E-state index contributed by atoms with van der Waals surface area (Å²) in [6, 6.07) is 6.13. The number of hydrogen-bond acceptors (Lipinski definition) is 4. The SMILES string of the molecule is COCCCOCCOCC(O)c1ccccc1F. The Morgan fingerprint density at radius 2 is 1.84 bits per heavy atom. The molecule has 0 amide bonds. The molecule has 0 bridgehead atoms. The second-order valence-electron chi connectivity index (χ2n) is 4.07. The van der Waals surface area contributed by atoms with Gasteiger partial charge >= 0.3 is 0 Å². The van der Waals surface area contributed by atoms with Gasteiger partial charge in [-0.2, -0.15) is 0 Å². The molecule has 0 saturated carbocycles. The molecule has 0 heterocycles. The van der Waals surface area contributed by atoms with Crippen LogP contribution in [0.3, 0.4) is 0 Å². The van der Waals surface area contributed by atoms with E-state index in [0.29, 0.717) is 26.4 Å². The van der Waals surface area contributed by atoms with Crippen molar-refractivity contribution in [3.63, 3.8) is 0 Å². The number of ether oxygens (including phenoxy) is 3. The monoisotopic (exact) mass is 272 g/mol. The first-order chi connectivity index (χ1) is 9.25. The average molecular weight is 272 g/mol. The third-order valence-corrected chi connectivity index (χ3v) is 2.55. The molecule has 0 saturated heterocycles. The molecule has 0 radical (unpaired) electrons. The standard InChI is InChI=1S/C14H21FO4/c1-17-7-4-8-18-9-10-19-11-14(16)12-5-2-3-6-13(12)15/h2-3,5-6,14,16H,4,7-11H2,1H3. The molecule has 0 aromatic heterocycles. The van der Waals surface area contributed by atoms with Gasteiger partial charge in [0.1, 0.15) is 11.9 Å². The minimum absolute atomic E-state index is 0.0579. The highest BCUT2D eigenvalue weighted by Gasteiger charge is 2.11. The molecule has 0 aliphatic rings. The molecule has 108 valence electrons. The van der Waals surface area contributed by atoms with Crippen molar-refractivity contribution in [2.45, 2.75) is 12.5 Å². The first-order valence-corrected chi connectivity index (χ1v) is 6.32. The van der Waals surface area contributed by atoms with Crippen molar-refractivity contribution in [3.05, 3.63) is 35.6 Å². The molecule has 1 N–H and O–H groups in total. The Morgan fingerprint density at radius 1 is 1.11 bits per heavy atom. The fraction of sp³-hybridized carbons (Fsp3) is 0.571. The van der Waals surface area contributed by atoms with Crippen molar-refractivity contribution in [1.29, 1.82) is 0 Å². The lowest BCUT2D eigenvalue weighted by Gasteiger charge is -2.12. The molecule has 0 fully saturated rings. The summed E-state index contributed by atoms with van der Waals surface area (Å²) in [5.74, 6) is -0.422. The third kappa shape index (κ3) is 6.63. The zero-order valence-corrected chi connectivity index (χ0v) is 11.2. The van der Waals surface area contributed by atoms with E-state index in [0.717, 1.165) is 6.42 Å². The van der Waals surface area contributed by atoms with Crippen LogP contribution in [-0.4, -0.2) is 45.3 Å². The lowest BCUT2D eigenvalue weighted by molar-refractivity contribution is -0.000435. The maximum Gasteiger partial charge on any atom is 0.129 e. The summed E-state index contributed by atoms with van der Waals surface area (Å²) >= 11 is 0. The first-order valence-electron chi connectivity index (χ1n) is 6.32. The Labute approximate surface area is 113 Å².